The van der Waals surface area contributed by atoms with Gasteiger partial charge in [0.1, 0.15) is 12.3 Å². The van der Waals surface area contributed by atoms with Gasteiger partial charge in [-0.25, -0.2) is 0 Å². The third-order valence-corrected chi connectivity index (χ3v) is 4.20. The first-order valence-electron chi connectivity index (χ1n) is 6.29. The van der Waals surface area contributed by atoms with Crippen LogP contribution in [0.3, 0.4) is 0 Å². The molecule has 0 bridgehead atoms. The summed E-state index contributed by atoms with van der Waals surface area (Å²) >= 11 is 1.31. The number of imide groups is 1. The van der Waals surface area contributed by atoms with E-state index in [4.69, 9.17) is 4.42 Å². The Morgan fingerprint density at radius 1 is 1.35 bits per heavy atom. The molecule has 0 spiro atoms. The van der Waals surface area contributed by atoms with Crippen LogP contribution in [0.25, 0.3) is 0 Å². The van der Waals surface area contributed by atoms with Crippen molar-refractivity contribution in [2.24, 2.45) is 0 Å². The molecule has 0 saturated carbocycles. The van der Waals surface area contributed by atoms with Crippen molar-refractivity contribution >= 4 is 29.5 Å². The molecule has 1 aromatic rings. The Hall–Kier alpha value is -1.76. The summed E-state index contributed by atoms with van der Waals surface area (Å²) in [6.45, 7) is 3.48. The summed E-state index contributed by atoms with van der Waals surface area (Å²) in [5, 5.41) is 2.01. The molecule has 2 heterocycles. The van der Waals surface area contributed by atoms with E-state index in [1.54, 1.807) is 26.0 Å². The van der Waals surface area contributed by atoms with Crippen molar-refractivity contribution in [1.82, 2.24) is 10.2 Å². The van der Waals surface area contributed by atoms with Crippen molar-refractivity contribution in [3.63, 3.8) is 0 Å². The molecule has 3 amide bonds. The lowest BCUT2D eigenvalue weighted by molar-refractivity contribution is -0.147. The van der Waals surface area contributed by atoms with E-state index in [1.807, 2.05) is 0 Å². The Labute approximate surface area is 120 Å². The van der Waals surface area contributed by atoms with Crippen molar-refractivity contribution in [3.05, 3.63) is 24.2 Å². The summed E-state index contributed by atoms with van der Waals surface area (Å²) < 4.78 is 5.08. The van der Waals surface area contributed by atoms with Gasteiger partial charge in [-0.3, -0.25) is 19.3 Å². The lowest BCUT2D eigenvalue weighted by Gasteiger charge is -2.31. The Bertz CT molecular complexity index is 494. The molecule has 0 aliphatic carbocycles. The number of rotatable bonds is 4. The predicted octanol–water partition coefficient (Wildman–Crippen LogP) is 0.775. The SMILES string of the molecule is C[C@@H]1S[C@H](C)C(=O)N(CC(=O)NCc2ccco2)C1=O. The highest BCUT2D eigenvalue weighted by Gasteiger charge is 2.37. The fourth-order valence-corrected chi connectivity index (χ4v) is 3.02. The van der Waals surface area contributed by atoms with E-state index in [9.17, 15) is 14.4 Å². The number of nitrogens with zero attached hydrogens (tertiary/aromatic N) is 1. The van der Waals surface area contributed by atoms with Crippen LogP contribution in [0.15, 0.2) is 22.8 Å². The molecule has 7 heteroatoms. The molecule has 0 aromatic carbocycles. The van der Waals surface area contributed by atoms with Crippen LogP contribution in [0.5, 0.6) is 0 Å². The van der Waals surface area contributed by atoms with Gasteiger partial charge < -0.3 is 9.73 Å². The maximum Gasteiger partial charge on any atom is 0.242 e. The highest BCUT2D eigenvalue weighted by molar-refractivity contribution is 8.02. The molecule has 1 aliphatic rings. The maximum atomic E-state index is 11.9. The van der Waals surface area contributed by atoms with Crippen LogP contribution in [0.2, 0.25) is 0 Å². The summed E-state index contributed by atoms with van der Waals surface area (Å²) in [5.41, 5.74) is 0. The first-order valence-corrected chi connectivity index (χ1v) is 7.23. The van der Waals surface area contributed by atoms with E-state index < -0.39 is 0 Å². The Morgan fingerprint density at radius 3 is 2.55 bits per heavy atom. The molecule has 0 unspecified atom stereocenters. The van der Waals surface area contributed by atoms with Gasteiger partial charge in [0, 0.05) is 0 Å². The third kappa shape index (κ3) is 3.22. The van der Waals surface area contributed by atoms with Crippen LogP contribution in [0.1, 0.15) is 19.6 Å². The molecule has 2 rings (SSSR count). The normalized spacial score (nSPS) is 23.0. The fraction of sp³-hybridized carbons (Fsp3) is 0.462. The van der Waals surface area contributed by atoms with Gasteiger partial charge >= 0.3 is 0 Å². The minimum atomic E-state index is -0.380. The quantitative estimate of drug-likeness (QED) is 0.830. The van der Waals surface area contributed by atoms with E-state index >= 15 is 0 Å². The zero-order valence-corrected chi connectivity index (χ0v) is 12.1. The smallest absolute Gasteiger partial charge is 0.242 e. The van der Waals surface area contributed by atoms with Crippen LogP contribution in [-0.4, -0.2) is 39.7 Å². The monoisotopic (exact) mass is 296 g/mol. The van der Waals surface area contributed by atoms with Crippen LogP contribution in [-0.2, 0) is 20.9 Å². The number of hydrogen-bond acceptors (Lipinski definition) is 5. The average Bonchev–Trinajstić information content (AvgIpc) is 2.92. The molecule has 6 nitrogen and oxygen atoms in total. The second-order valence-corrected chi connectivity index (χ2v) is 6.23. The molecule has 108 valence electrons. The second-order valence-electron chi connectivity index (χ2n) is 4.54. The van der Waals surface area contributed by atoms with Gasteiger partial charge in [0.25, 0.3) is 0 Å². The number of thioether (sulfide) groups is 1. The molecule has 20 heavy (non-hydrogen) atoms. The first kappa shape index (κ1) is 14.6. The molecule has 1 N–H and O–H groups in total. The highest BCUT2D eigenvalue weighted by atomic mass is 32.2. The standard InChI is InChI=1S/C13H16N2O4S/c1-8-12(17)15(13(18)9(2)20-8)7-11(16)14-6-10-4-3-5-19-10/h3-5,8-9H,6-7H2,1-2H3,(H,14,16)/t8-,9+. The van der Waals surface area contributed by atoms with Gasteiger partial charge in [-0.15, -0.1) is 11.8 Å². The maximum absolute atomic E-state index is 11.9. The number of carbonyl (C=O) groups is 3. The molecular formula is C13H16N2O4S. The largest absolute Gasteiger partial charge is 0.467 e. The van der Waals surface area contributed by atoms with E-state index in [0.717, 1.165) is 4.90 Å². The Balaban J connectivity index is 1.91. The molecule has 1 saturated heterocycles. The van der Waals surface area contributed by atoms with E-state index in [-0.39, 0.29) is 41.3 Å². The van der Waals surface area contributed by atoms with Crippen molar-refractivity contribution < 1.29 is 18.8 Å². The summed E-state index contributed by atoms with van der Waals surface area (Å²) in [4.78, 5) is 36.7. The Morgan fingerprint density at radius 2 is 2.00 bits per heavy atom. The summed E-state index contributed by atoms with van der Waals surface area (Å²) in [5.74, 6) is -0.390. The summed E-state index contributed by atoms with van der Waals surface area (Å²) in [6.07, 6.45) is 1.51. The third-order valence-electron chi connectivity index (χ3n) is 2.98. The van der Waals surface area contributed by atoms with Gasteiger partial charge in [0.2, 0.25) is 17.7 Å². The van der Waals surface area contributed by atoms with E-state index in [0.29, 0.717) is 5.76 Å². The number of furan rings is 1. The minimum Gasteiger partial charge on any atom is -0.467 e. The molecule has 1 fully saturated rings. The molecule has 1 aromatic heterocycles. The highest BCUT2D eigenvalue weighted by Crippen LogP contribution is 2.26. The van der Waals surface area contributed by atoms with E-state index in [1.165, 1.54) is 18.0 Å². The van der Waals surface area contributed by atoms with Crippen LogP contribution >= 0.6 is 11.8 Å². The van der Waals surface area contributed by atoms with Gasteiger partial charge in [-0.1, -0.05) is 0 Å². The van der Waals surface area contributed by atoms with Gasteiger partial charge in [0.15, 0.2) is 0 Å². The van der Waals surface area contributed by atoms with Crippen molar-refractivity contribution in [3.8, 4) is 0 Å². The summed E-state index contributed by atoms with van der Waals surface area (Å²) in [6, 6.07) is 3.46. The van der Waals surface area contributed by atoms with Crippen LogP contribution < -0.4 is 5.32 Å². The second kappa shape index (κ2) is 6.13. The molecular weight excluding hydrogens is 280 g/mol. The fourth-order valence-electron chi connectivity index (χ4n) is 1.92. The average molecular weight is 296 g/mol. The zero-order chi connectivity index (χ0) is 14.7. The number of hydrogen-bond donors (Lipinski definition) is 1. The van der Waals surface area contributed by atoms with Crippen LogP contribution in [0, 0.1) is 0 Å². The van der Waals surface area contributed by atoms with Gasteiger partial charge in [0.05, 0.1) is 23.3 Å². The van der Waals surface area contributed by atoms with Gasteiger partial charge in [-0.2, -0.15) is 0 Å². The van der Waals surface area contributed by atoms with Crippen molar-refractivity contribution in [1.29, 1.82) is 0 Å². The first-order chi connectivity index (χ1) is 9.49. The lowest BCUT2D eigenvalue weighted by atomic mass is 10.3. The number of nitrogens with one attached hydrogen (secondary N) is 1. The van der Waals surface area contributed by atoms with Crippen molar-refractivity contribution in [2.75, 3.05) is 6.54 Å². The number of carbonyl (C=O) groups excluding carboxylic acids is 3. The molecule has 1 aliphatic heterocycles. The minimum absolute atomic E-state index is 0.238. The molecule has 2 atom stereocenters. The topological polar surface area (TPSA) is 79.6 Å². The number of amides is 3. The van der Waals surface area contributed by atoms with E-state index in [2.05, 4.69) is 5.32 Å². The Kier molecular flexibility index (Phi) is 4.49. The molecule has 0 radical (unpaired) electrons. The summed E-state index contributed by atoms with van der Waals surface area (Å²) in [7, 11) is 0. The zero-order valence-electron chi connectivity index (χ0n) is 11.3. The van der Waals surface area contributed by atoms with Gasteiger partial charge in [-0.05, 0) is 26.0 Å². The predicted molar refractivity (Wildman–Crippen MR) is 73.8 cm³/mol. The van der Waals surface area contributed by atoms with Crippen LogP contribution in [0.4, 0.5) is 0 Å². The lowest BCUT2D eigenvalue weighted by Crippen LogP contribution is -2.53. The van der Waals surface area contributed by atoms with Crippen molar-refractivity contribution in [2.45, 2.75) is 30.9 Å².